The van der Waals surface area contributed by atoms with Gasteiger partial charge in [-0.3, -0.25) is 9.59 Å². The van der Waals surface area contributed by atoms with Crippen LogP contribution in [-0.2, 0) is 16.0 Å². The summed E-state index contributed by atoms with van der Waals surface area (Å²) in [5.74, 6) is -0.652. The lowest BCUT2D eigenvalue weighted by molar-refractivity contribution is -0.126. The molecule has 2 amide bonds. The van der Waals surface area contributed by atoms with Crippen molar-refractivity contribution in [1.29, 1.82) is 5.26 Å². The topological polar surface area (TPSA) is 73.2 Å². The second-order valence-electron chi connectivity index (χ2n) is 4.80. The Morgan fingerprint density at radius 2 is 2.15 bits per heavy atom. The number of carbonyl (C=O) groups excluding carboxylic acids is 2. The van der Waals surface area contributed by atoms with E-state index in [4.69, 9.17) is 5.26 Å². The summed E-state index contributed by atoms with van der Waals surface area (Å²) in [5, 5.41) is 11.0. The van der Waals surface area contributed by atoms with Crippen LogP contribution in [0.2, 0.25) is 0 Å². The number of aryl methyl sites for hydroxylation is 1. The van der Waals surface area contributed by atoms with Gasteiger partial charge in [-0.15, -0.1) is 0 Å². The van der Waals surface area contributed by atoms with Crippen molar-refractivity contribution in [3.8, 4) is 6.07 Å². The first kappa shape index (κ1) is 14.1. The predicted octanol–water partition coefficient (Wildman–Crippen LogP) is 1.24. The lowest BCUT2D eigenvalue weighted by Crippen LogP contribution is -2.33. The summed E-state index contributed by atoms with van der Waals surface area (Å²) in [6, 6.07) is 9.66. The largest absolute Gasteiger partial charge is 0.343 e. The highest BCUT2D eigenvalue weighted by atomic mass is 16.2. The maximum atomic E-state index is 12.0. The zero-order valence-electron chi connectivity index (χ0n) is 11.4. The van der Waals surface area contributed by atoms with Crippen molar-refractivity contribution < 1.29 is 9.59 Å². The van der Waals surface area contributed by atoms with Crippen LogP contribution < -0.4 is 10.2 Å². The third-order valence-corrected chi connectivity index (χ3v) is 3.49. The number of hydrogen-bond acceptors (Lipinski definition) is 3. The standard InChI is InChI=1S/C15H17N3O2/c1-2-11-3-5-13(6-4-11)18-10-12(9-14(18)19)15(20)17-8-7-16/h3-6,12H,2,8-10H2,1H3,(H,17,20)/t12-/m0/s1. The van der Waals surface area contributed by atoms with Crippen molar-refractivity contribution in [1.82, 2.24) is 5.32 Å². The Labute approximate surface area is 118 Å². The van der Waals surface area contributed by atoms with Gasteiger partial charge >= 0.3 is 0 Å². The number of nitrogens with one attached hydrogen (secondary N) is 1. The van der Waals surface area contributed by atoms with Gasteiger partial charge in [0.25, 0.3) is 0 Å². The molecule has 1 heterocycles. The molecule has 0 saturated carbocycles. The number of hydrogen-bond donors (Lipinski definition) is 1. The van der Waals surface area contributed by atoms with Gasteiger partial charge in [-0.1, -0.05) is 19.1 Å². The Balaban J connectivity index is 2.05. The molecule has 20 heavy (non-hydrogen) atoms. The van der Waals surface area contributed by atoms with Crippen LogP contribution in [-0.4, -0.2) is 24.9 Å². The summed E-state index contributed by atoms with van der Waals surface area (Å²) in [4.78, 5) is 25.4. The molecule has 0 unspecified atom stereocenters. The van der Waals surface area contributed by atoms with Crippen LogP contribution in [0.15, 0.2) is 24.3 Å². The summed E-state index contributed by atoms with van der Waals surface area (Å²) in [5.41, 5.74) is 2.03. The fraction of sp³-hybridized carbons (Fsp3) is 0.400. The number of rotatable bonds is 4. The van der Waals surface area contributed by atoms with Crippen LogP contribution in [0, 0.1) is 17.2 Å². The van der Waals surface area contributed by atoms with E-state index in [1.54, 1.807) is 4.90 Å². The van der Waals surface area contributed by atoms with E-state index < -0.39 is 0 Å². The smallest absolute Gasteiger partial charge is 0.227 e. The number of amides is 2. The van der Waals surface area contributed by atoms with Crippen molar-refractivity contribution in [2.24, 2.45) is 5.92 Å². The SMILES string of the molecule is CCc1ccc(N2C[C@@H](C(=O)NCC#N)CC2=O)cc1. The molecule has 0 spiro atoms. The van der Waals surface area contributed by atoms with Gasteiger partial charge in [0.1, 0.15) is 6.54 Å². The second-order valence-corrected chi connectivity index (χ2v) is 4.80. The summed E-state index contributed by atoms with van der Waals surface area (Å²) in [6.45, 7) is 2.43. The molecule has 5 heteroatoms. The van der Waals surface area contributed by atoms with Crippen LogP contribution in [0.4, 0.5) is 5.69 Å². The third-order valence-electron chi connectivity index (χ3n) is 3.49. The van der Waals surface area contributed by atoms with Crippen LogP contribution in [0.1, 0.15) is 18.9 Å². The van der Waals surface area contributed by atoms with E-state index >= 15 is 0 Å². The van der Waals surface area contributed by atoms with Gasteiger partial charge in [0.2, 0.25) is 11.8 Å². The normalized spacial score (nSPS) is 17.9. The highest BCUT2D eigenvalue weighted by Gasteiger charge is 2.34. The Hall–Kier alpha value is -2.35. The van der Waals surface area contributed by atoms with Crippen molar-refractivity contribution >= 4 is 17.5 Å². The van der Waals surface area contributed by atoms with E-state index in [9.17, 15) is 9.59 Å². The predicted molar refractivity (Wildman–Crippen MR) is 74.9 cm³/mol. The summed E-state index contributed by atoms with van der Waals surface area (Å²) in [7, 11) is 0. The van der Waals surface area contributed by atoms with Gasteiger partial charge in [-0.05, 0) is 24.1 Å². The number of nitrogens with zero attached hydrogens (tertiary/aromatic N) is 2. The lowest BCUT2D eigenvalue weighted by atomic mass is 10.1. The van der Waals surface area contributed by atoms with Gasteiger partial charge in [-0.2, -0.15) is 5.26 Å². The molecule has 1 aromatic carbocycles. The average molecular weight is 271 g/mol. The Kier molecular flexibility index (Phi) is 4.36. The third kappa shape index (κ3) is 2.97. The van der Waals surface area contributed by atoms with Crippen molar-refractivity contribution in [2.45, 2.75) is 19.8 Å². The molecule has 1 saturated heterocycles. The molecule has 0 bridgehead atoms. The highest BCUT2D eigenvalue weighted by Crippen LogP contribution is 2.25. The van der Waals surface area contributed by atoms with Crippen LogP contribution in [0.3, 0.4) is 0 Å². The highest BCUT2D eigenvalue weighted by molar-refractivity contribution is 6.00. The Morgan fingerprint density at radius 1 is 1.45 bits per heavy atom. The number of carbonyl (C=O) groups is 2. The van der Waals surface area contributed by atoms with Crippen molar-refractivity contribution in [3.05, 3.63) is 29.8 Å². The van der Waals surface area contributed by atoms with Gasteiger partial charge in [0.15, 0.2) is 0 Å². The first-order valence-corrected chi connectivity index (χ1v) is 6.69. The molecule has 1 aliphatic heterocycles. The minimum atomic E-state index is -0.373. The summed E-state index contributed by atoms with van der Waals surface area (Å²) >= 11 is 0. The zero-order chi connectivity index (χ0) is 14.5. The Bertz CT molecular complexity index is 545. The van der Waals surface area contributed by atoms with Crippen LogP contribution in [0.5, 0.6) is 0 Å². The molecule has 0 aliphatic carbocycles. The molecule has 0 aromatic heterocycles. The van der Waals surface area contributed by atoms with Gasteiger partial charge in [0.05, 0.1) is 12.0 Å². The number of nitriles is 1. The second kappa shape index (κ2) is 6.20. The van der Waals surface area contributed by atoms with Crippen LogP contribution in [0.25, 0.3) is 0 Å². The quantitative estimate of drug-likeness (QED) is 0.837. The summed E-state index contributed by atoms with van der Waals surface area (Å²) < 4.78 is 0. The fourth-order valence-corrected chi connectivity index (χ4v) is 2.32. The van der Waals surface area contributed by atoms with Gasteiger partial charge in [-0.25, -0.2) is 0 Å². The first-order valence-electron chi connectivity index (χ1n) is 6.69. The minimum absolute atomic E-state index is 0.0191. The molecular formula is C15H17N3O2. The molecule has 1 aliphatic rings. The maximum Gasteiger partial charge on any atom is 0.227 e. The zero-order valence-corrected chi connectivity index (χ0v) is 11.4. The monoisotopic (exact) mass is 271 g/mol. The van der Waals surface area contributed by atoms with Gasteiger partial charge < -0.3 is 10.2 Å². The molecule has 2 rings (SSSR count). The average Bonchev–Trinajstić information content (AvgIpc) is 2.87. The molecule has 1 fully saturated rings. The van der Waals surface area contributed by atoms with Crippen LogP contribution >= 0.6 is 0 Å². The molecule has 1 atom stereocenters. The molecule has 104 valence electrons. The van der Waals surface area contributed by atoms with E-state index in [1.165, 1.54) is 5.56 Å². The van der Waals surface area contributed by atoms with Crippen molar-refractivity contribution in [2.75, 3.05) is 18.0 Å². The number of anilines is 1. The first-order chi connectivity index (χ1) is 9.65. The summed E-state index contributed by atoms with van der Waals surface area (Å²) in [6.07, 6.45) is 1.15. The minimum Gasteiger partial charge on any atom is -0.343 e. The molecule has 0 radical (unpaired) electrons. The maximum absolute atomic E-state index is 12.0. The molecule has 5 nitrogen and oxygen atoms in total. The fourth-order valence-electron chi connectivity index (χ4n) is 2.32. The van der Waals surface area contributed by atoms with Gasteiger partial charge in [0, 0.05) is 18.7 Å². The Morgan fingerprint density at radius 3 is 2.75 bits per heavy atom. The molecule has 1 N–H and O–H groups in total. The lowest BCUT2D eigenvalue weighted by Gasteiger charge is -2.17. The molecular weight excluding hydrogens is 254 g/mol. The van der Waals surface area contributed by atoms with E-state index in [1.807, 2.05) is 30.3 Å². The van der Waals surface area contributed by atoms with E-state index in [0.717, 1.165) is 12.1 Å². The van der Waals surface area contributed by atoms with E-state index in [2.05, 4.69) is 12.2 Å². The van der Waals surface area contributed by atoms with E-state index in [-0.39, 0.29) is 30.7 Å². The number of benzene rings is 1. The van der Waals surface area contributed by atoms with E-state index in [0.29, 0.717) is 6.54 Å². The molecule has 1 aromatic rings. The van der Waals surface area contributed by atoms with Crippen molar-refractivity contribution in [3.63, 3.8) is 0 Å².